The van der Waals surface area contributed by atoms with Crippen molar-refractivity contribution in [3.63, 3.8) is 0 Å². The summed E-state index contributed by atoms with van der Waals surface area (Å²) in [5.41, 5.74) is 9.13. The molecule has 1 amide bonds. The molecular formula is C19H20ClNO3. The number of amides is 1. The van der Waals surface area contributed by atoms with E-state index in [0.717, 1.165) is 34.4 Å². The molecule has 2 aromatic rings. The third kappa shape index (κ3) is 2.94. The first-order chi connectivity index (χ1) is 11.3. The molecule has 1 atom stereocenters. The van der Waals surface area contributed by atoms with Crippen LogP contribution in [0.5, 0.6) is 5.75 Å². The van der Waals surface area contributed by atoms with E-state index in [1.54, 1.807) is 13.2 Å². The quantitative estimate of drug-likeness (QED) is 0.874. The molecule has 0 aliphatic heterocycles. The Morgan fingerprint density at radius 2 is 2.00 bits per heavy atom. The largest absolute Gasteiger partial charge is 0.496 e. The zero-order valence-electron chi connectivity index (χ0n) is 13.9. The van der Waals surface area contributed by atoms with Gasteiger partial charge in [0.25, 0.3) is 0 Å². The fraction of sp³-hybridized carbons (Fsp3) is 0.316. The van der Waals surface area contributed by atoms with E-state index < -0.39 is 6.09 Å². The normalized spacial score (nSPS) is 18.1. The van der Waals surface area contributed by atoms with Crippen LogP contribution in [0.3, 0.4) is 0 Å². The Hall–Kier alpha value is -2.20. The number of carbonyl (C=O) groups is 1. The van der Waals surface area contributed by atoms with Gasteiger partial charge in [-0.2, -0.15) is 0 Å². The summed E-state index contributed by atoms with van der Waals surface area (Å²) in [4.78, 5) is 11.2. The second-order valence-corrected chi connectivity index (χ2v) is 7.18. The summed E-state index contributed by atoms with van der Waals surface area (Å²) in [6.45, 7) is 4.14. The van der Waals surface area contributed by atoms with Crippen LogP contribution in [-0.2, 0) is 11.2 Å². The molecule has 0 saturated carbocycles. The summed E-state index contributed by atoms with van der Waals surface area (Å²) in [6.07, 6.45) is -0.279. The Balaban J connectivity index is 2.06. The molecule has 126 valence electrons. The van der Waals surface area contributed by atoms with Gasteiger partial charge in [0.05, 0.1) is 7.11 Å². The number of ether oxygens (including phenoxy) is 2. The van der Waals surface area contributed by atoms with Crippen molar-refractivity contribution in [2.75, 3.05) is 7.11 Å². The molecule has 0 heterocycles. The Bertz CT molecular complexity index is 801. The Morgan fingerprint density at radius 1 is 1.25 bits per heavy atom. The molecule has 5 heteroatoms. The molecule has 2 N–H and O–H groups in total. The Morgan fingerprint density at radius 3 is 2.67 bits per heavy atom. The predicted molar refractivity (Wildman–Crippen MR) is 94.3 cm³/mol. The van der Waals surface area contributed by atoms with E-state index in [4.69, 9.17) is 26.8 Å². The molecule has 1 unspecified atom stereocenters. The van der Waals surface area contributed by atoms with Gasteiger partial charge in [-0.15, -0.1) is 0 Å². The first-order valence-corrected chi connectivity index (χ1v) is 8.12. The number of rotatable bonds is 3. The molecule has 0 bridgehead atoms. The van der Waals surface area contributed by atoms with Crippen LogP contribution in [-0.4, -0.2) is 13.2 Å². The fourth-order valence-corrected chi connectivity index (χ4v) is 3.60. The first kappa shape index (κ1) is 16.7. The highest BCUT2D eigenvalue weighted by Crippen LogP contribution is 2.48. The zero-order chi connectivity index (χ0) is 17.5. The second kappa shape index (κ2) is 6.02. The lowest BCUT2D eigenvalue weighted by Gasteiger charge is -2.26. The van der Waals surface area contributed by atoms with Crippen molar-refractivity contribution in [3.05, 3.63) is 52.5 Å². The van der Waals surface area contributed by atoms with E-state index in [0.29, 0.717) is 5.02 Å². The molecule has 0 fully saturated rings. The molecule has 24 heavy (non-hydrogen) atoms. The molecule has 1 aliphatic rings. The van der Waals surface area contributed by atoms with Gasteiger partial charge in [0.2, 0.25) is 0 Å². The number of methoxy groups -OCH3 is 1. The van der Waals surface area contributed by atoms with Crippen molar-refractivity contribution in [3.8, 4) is 16.9 Å². The predicted octanol–water partition coefficient (Wildman–Crippen LogP) is 4.73. The van der Waals surface area contributed by atoms with Crippen LogP contribution in [0.4, 0.5) is 4.79 Å². The van der Waals surface area contributed by atoms with Crippen molar-refractivity contribution in [2.24, 2.45) is 11.1 Å². The van der Waals surface area contributed by atoms with E-state index in [2.05, 4.69) is 19.9 Å². The summed E-state index contributed by atoms with van der Waals surface area (Å²) in [6, 6.07) is 11.6. The van der Waals surface area contributed by atoms with Crippen LogP contribution < -0.4 is 10.5 Å². The van der Waals surface area contributed by atoms with Gasteiger partial charge in [0.15, 0.2) is 0 Å². The van der Waals surface area contributed by atoms with Gasteiger partial charge in [-0.05, 0) is 41.3 Å². The van der Waals surface area contributed by atoms with Crippen LogP contribution in [0.25, 0.3) is 11.1 Å². The summed E-state index contributed by atoms with van der Waals surface area (Å²) < 4.78 is 10.8. The van der Waals surface area contributed by atoms with E-state index in [1.807, 2.05) is 24.3 Å². The van der Waals surface area contributed by atoms with Gasteiger partial charge >= 0.3 is 6.09 Å². The smallest absolute Gasteiger partial charge is 0.405 e. The van der Waals surface area contributed by atoms with Gasteiger partial charge in [0.1, 0.15) is 11.9 Å². The highest BCUT2D eigenvalue weighted by molar-refractivity contribution is 6.31. The fourth-order valence-electron chi connectivity index (χ4n) is 3.43. The van der Waals surface area contributed by atoms with Gasteiger partial charge in [0, 0.05) is 16.0 Å². The van der Waals surface area contributed by atoms with Gasteiger partial charge in [-0.25, -0.2) is 4.79 Å². The van der Waals surface area contributed by atoms with Crippen LogP contribution in [0.15, 0.2) is 36.4 Å². The lowest BCUT2D eigenvalue weighted by atomic mass is 9.87. The van der Waals surface area contributed by atoms with E-state index >= 15 is 0 Å². The highest BCUT2D eigenvalue weighted by Gasteiger charge is 2.41. The van der Waals surface area contributed by atoms with Crippen LogP contribution in [0.1, 0.15) is 31.1 Å². The van der Waals surface area contributed by atoms with Gasteiger partial charge in [-0.3, -0.25) is 0 Å². The van der Waals surface area contributed by atoms with Crippen LogP contribution >= 0.6 is 11.6 Å². The number of hydrogen-bond donors (Lipinski definition) is 1. The second-order valence-electron chi connectivity index (χ2n) is 6.74. The summed E-state index contributed by atoms with van der Waals surface area (Å²) in [5.74, 6) is 0.765. The number of carbonyl (C=O) groups excluding carboxylic acids is 1. The van der Waals surface area contributed by atoms with Gasteiger partial charge in [-0.1, -0.05) is 43.6 Å². The third-order valence-corrected chi connectivity index (χ3v) is 4.72. The minimum Gasteiger partial charge on any atom is -0.496 e. The molecule has 1 aliphatic carbocycles. The molecule has 0 aromatic heterocycles. The van der Waals surface area contributed by atoms with Crippen molar-refractivity contribution < 1.29 is 14.3 Å². The first-order valence-electron chi connectivity index (χ1n) is 7.74. The van der Waals surface area contributed by atoms with Crippen molar-refractivity contribution in [1.82, 2.24) is 0 Å². The van der Waals surface area contributed by atoms with Crippen molar-refractivity contribution in [2.45, 2.75) is 26.4 Å². The standard InChI is InChI=1S/C19H20ClNO3/c1-19(2)10-12-8-11(4-6-14(12)17(19)24-18(21)22)15-9-13(20)5-7-16(15)23-3/h4-9,17H,10H2,1-3H3,(H2,21,22). The number of nitrogens with two attached hydrogens (primary N) is 1. The molecule has 0 saturated heterocycles. The molecular weight excluding hydrogens is 326 g/mol. The maximum atomic E-state index is 11.2. The zero-order valence-corrected chi connectivity index (χ0v) is 14.7. The minimum absolute atomic E-state index is 0.200. The number of benzene rings is 2. The summed E-state index contributed by atoms with van der Waals surface area (Å²) in [5, 5.41) is 0.654. The van der Waals surface area contributed by atoms with Crippen LogP contribution in [0.2, 0.25) is 5.02 Å². The molecule has 0 radical (unpaired) electrons. The maximum Gasteiger partial charge on any atom is 0.405 e. The number of halogens is 1. The maximum absolute atomic E-state index is 11.2. The average molecular weight is 346 g/mol. The van der Waals surface area contributed by atoms with E-state index in [-0.39, 0.29) is 11.5 Å². The summed E-state index contributed by atoms with van der Waals surface area (Å²) in [7, 11) is 1.64. The highest BCUT2D eigenvalue weighted by atomic mass is 35.5. The van der Waals surface area contributed by atoms with Crippen LogP contribution in [0, 0.1) is 5.41 Å². The SMILES string of the molecule is COc1ccc(Cl)cc1-c1ccc2c(c1)CC(C)(C)C2OC(N)=O. The van der Waals surface area contributed by atoms with Crippen molar-refractivity contribution in [1.29, 1.82) is 0 Å². The minimum atomic E-state index is -0.749. The lowest BCUT2D eigenvalue weighted by molar-refractivity contribution is 0.0392. The third-order valence-electron chi connectivity index (χ3n) is 4.49. The summed E-state index contributed by atoms with van der Waals surface area (Å²) >= 11 is 6.14. The lowest BCUT2D eigenvalue weighted by Crippen LogP contribution is -2.25. The van der Waals surface area contributed by atoms with E-state index in [9.17, 15) is 4.79 Å². The molecule has 0 spiro atoms. The number of fused-ring (bicyclic) bond motifs is 1. The Kier molecular flexibility index (Phi) is 4.18. The van der Waals surface area contributed by atoms with E-state index in [1.165, 1.54) is 0 Å². The monoisotopic (exact) mass is 345 g/mol. The average Bonchev–Trinajstić information content (AvgIpc) is 2.76. The van der Waals surface area contributed by atoms with Gasteiger partial charge < -0.3 is 15.2 Å². The molecule has 4 nitrogen and oxygen atoms in total. The Labute approximate surface area is 146 Å². The number of hydrogen-bond acceptors (Lipinski definition) is 3. The molecule has 2 aromatic carbocycles. The van der Waals surface area contributed by atoms with Crippen molar-refractivity contribution >= 4 is 17.7 Å². The molecule has 3 rings (SSSR count). The number of primary amides is 1. The topological polar surface area (TPSA) is 61.6 Å².